The summed E-state index contributed by atoms with van der Waals surface area (Å²) in [6.45, 7) is 1.81. The standard InChI is InChI=1S/C16H21N5O3S/c1-11(22)18-14(7-10-25-2)15(23)17-8-9-21-16(24)12-5-3-4-6-13(12)19-20-21/h3-6,14H,7-10H2,1-2H3,(H,17,23)(H,18,22)/t14-/m0/s1. The monoisotopic (exact) mass is 363 g/mol. The van der Waals surface area contributed by atoms with Crippen LogP contribution in [0.2, 0.25) is 0 Å². The molecule has 0 saturated carbocycles. The number of aromatic nitrogens is 3. The van der Waals surface area contributed by atoms with Crippen LogP contribution in [0.1, 0.15) is 13.3 Å². The van der Waals surface area contributed by atoms with Crippen LogP contribution in [0.25, 0.3) is 10.9 Å². The highest BCUT2D eigenvalue weighted by atomic mass is 32.2. The van der Waals surface area contributed by atoms with Crippen LogP contribution in [0.3, 0.4) is 0 Å². The van der Waals surface area contributed by atoms with E-state index >= 15 is 0 Å². The summed E-state index contributed by atoms with van der Waals surface area (Å²) in [5.74, 6) is 0.234. The number of benzene rings is 1. The Kier molecular flexibility index (Phi) is 6.93. The molecule has 0 radical (unpaired) electrons. The summed E-state index contributed by atoms with van der Waals surface area (Å²) in [5, 5.41) is 13.7. The van der Waals surface area contributed by atoms with Crippen LogP contribution >= 0.6 is 11.8 Å². The minimum atomic E-state index is -0.579. The van der Waals surface area contributed by atoms with Crippen molar-refractivity contribution in [3.63, 3.8) is 0 Å². The third-order valence-corrected chi connectivity index (χ3v) is 4.20. The Morgan fingerprint density at radius 3 is 2.80 bits per heavy atom. The number of hydrogen-bond acceptors (Lipinski definition) is 6. The van der Waals surface area contributed by atoms with Gasteiger partial charge in [-0.2, -0.15) is 11.8 Å². The van der Waals surface area contributed by atoms with Crippen molar-refractivity contribution in [1.82, 2.24) is 25.6 Å². The Morgan fingerprint density at radius 1 is 1.32 bits per heavy atom. The zero-order valence-electron chi connectivity index (χ0n) is 14.2. The van der Waals surface area contributed by atoms with Gasteiger partial charge >= 0.3 is 0 Å². The van der Waals surface area contributed by atoms with E-state index in [0.29, 0.717) is 17.3 Å². The molecule has 0 fully saturated rings. The summed E-state index contributed by atoms with van der Waals surface area (Å²) in [5.41, 5.74) is 0.288. The number of rotatable bonds is 8. The Morgan fingerprint density at radius 2 is 2.08 bits per heavy atom. The minimum Gasteiger partial charge on any atom is -0.352 e. The molecule has 1 aromatic carbocycles. The zero-order valence-corrected chi connectivity index (χ0v) is 15.0. The van der Waals surface area contributed by atoms with Gasteiger partial charge in [0.2, 0.25) is 11.8 Å². The summed E-state index contributed by atoms with van der Waals surface area (Å²) in [4.78, 5) is 35.8. The van der Waals surface area contributed by atoms with Crippen LogP contribution in [0, 0.1) is 0 Å². The largest absolute Gasteiger partial charge is 0.352 e. The molecule has 0 bridgehead atoms. The maximum absolute atomic E-state index is 12.3. The predicted molar refractivity (Wildman–Crippen MR) is 97.4 cm³/mol. The van der Waals surface area contributed by atoms with E-state index in [0.717, 1.165) is 5.75 Å². The van der Waals surface area contributed by atoms with Gasteiger partial charge in [0.05, 0.1) is 11.9 Å². The summed E-state index contributed by atoms with van der Waals surface area (Å²) in [6, 6.07) is 6.39. The molecule has 2 aromatic rings. The molecule has 0 aliphatic rings. The molecule has 1 heterocycles. The molecule has 2 amide bonds. The van der Waals surface area contributed by atoms with Crippen molar-refractivity contribution in [3.05, 3.63) is 34.6 Å². The van der Waals surface area contributed by atoms with Gasteiger partial charge in [-0.15, -0.1) is 5.10 Å². The molecule has 0 spiro atoms. The molecule has 2 N–H and O–H groups in total. The molecular weight excluding hydrogens is 342 g/mol. The predicted octanol–water partition coefficient (Wildman–Crippen LogP) is 0.166. The number of nitrogens with zero attached hydrogens (tertiary/aromatic N) is 3. The van der Waals surface area contributed by atoms with Crippen molar-refractivity contribution in [2.75, 3.05) is 18.6 Å². The number of amides is 2. The summed E-state index contributed by atoms with van der Waals surface area (Å²) in [6.07, 6.45) is 2.48. The van der Waals surface area contributed by atoms with E-state index < -0.39 is 6.04 Å². The quantitative estimate of drug-likeness (QED) is 0.692. The van der Waals surface area contributed by atoms with Gasteiger partial charge in [-0.1, -0.05) is 17.3 Å². The first-order valence-electron chi connectivity index (χ1n) is 7.89. The van der Waals surface area contributed by atoms with Gasteiger partial charge in [-0.05, 0) is 30.6 Å². The molecular formula is C16H21N5O3S. The lowest BCUT2D eigenvalue weighted by molar-refractivity contribution is -0.128. The maximum atomic E-state index is 12.3. The summed E-state index contributed by atoms with van der Waals surface area (Å²) < 4.78 is 1.22. The van der Waals surface area contributed by atoms with E-state index in [9.17, 15) is 14.4 Å². The maximum Gasteiger partial charge on any atom is 0.277 e. The van der Waals surface area contributed by atoms with Gasteiger partial charge in [-0.3, -0.25) is 14.4 Å². The first kappa shape index (κ1) is 18.9. The smallest absolute Gasteiger partial charge is 0.277 e. The summed E-state index contributed by atoms with van der Waals surface area (Å²) in [7, 11) is 0. The van der Waals surface area contributed by atoms with E-state index in [2.05, 4.69) is 20.9 Å². The number of fused-ring (bicyclic) bond motifs is 1. The van der Waals surface area contributed by atoms with Gasteiger partial charge in [0.15, 0.2) is 0 Å². The van der Waals surface area contributed by atoms with Gasteiger partial charge in [0.1, 0.15) is 11.6 Å². The van der Waals surface area contributed by atoms with Gasteiger partial charge in [0.25, 0.3) is 5.56 Å². The Labute approximate surface area is 149 Å². The minimum absolute atomic E-state index is 0.206. The lowest BCUT2D eigenvalue weighted by Crippen LogP contribution is -2.47. The molecule has 2 rings (SSSR count). The fourth-order valence-electron chi connectivity index (χ4n) is 2.33. The molecule has 9 heteroatoms. The van der Waals surface area contributed by atoms with Crippen molar-refractivity contribution in [3.8, 4) is 0 Å². The van der Waals surface area contributed by atoms with E-state index in [1.54, 1.807) is 36.0 Å². The van der Waals surface area contributed by atoms with Crippen LogP contribution in [0.5, 0.6) is 0 Å². The molecule has 8 nitrogen and oxygen atoms in total. The molecule has 25 heavy (non-hydrogen) atoms. The van der Waals surface area contributed by atoms with Crippen molar-refractivity contribution >= 4 is 34.5 Å². The van der Waals surface area contributed by atoms with E-state index in [1.807, 2.05) is 6.26 Å². The average molecular weight is 363 g/mol. The Bertz CT molecular complexity index is 808. The van der Waals surface area contributed by atoms with Crippen molar-refractivity contribution in [2.24, 2.45) is 0 Å². The first-order valence-corrected chi connectivity index (χ1v) is 9.28. The number of hydrogen-bond donors (Lipinski definition) is 2. The number of carbonyl (C=O) groups excluding carboxylic acids is 2. The number of thioether (sulfide) groups is 1. The highest BCUT2D eigenvalue weighted by Gasteiger charge is 2.18. The van der Waals surface area contributed by atoms with Crippen LogP contribution < -0.4 is 16.2 Å². The van der Waals surface area contributed by atoms with Crippen LogP contribution in [0.4, 0.5) is 0 Å². The second-order valence-corrected chi connectivity index (χ2v) is 6.45. The third-order valence-electron chi connectivity index (χ3n) is 3.56. The van der Waals surface area contributed by atoms with Gasteiger partial charge in [0, 0.05) is 13.5 Å². The second-order valence-electron chi connectivity index (χ2n) is 5.46. The van der Waals surface area contributed by atoms with Crippen LogP contribution in [0.15, 0.2) is 29.1 Å². The number of nitrogens with one attached hydrogen (secondary N) is 2. The number of carbonyl (C=O) groups is 2. The molecule has 0 aliphatic heterocycles. The third kappa shape index (κ3) is 5.28. The van der Waals surface area contributed by atoms with Crippen molar-refractivity contribution < 1.29 is 9.59 Å². The van der Waals surface area contributed by atoms with Crippen LogP contribution in [-0.2, 0) is 16.1 Å². The average Bonchev–Trinajstić information content (AvgIpc) is 2.60. The lowest BCUT2D eigenvalue weighted by Gasteiger charge is -2.17. The molecule has 0 unspecified atom stereocenters. The molecule has 1 atom stereocenters. The van der Waals surface area contributed by atoms with Crippen molar-refractivity contribution in [1.29, 1.82) is 0 Å². The highest BCUT2D eigenvalue weighted by molar-refractivity contribution is 7.98. The van der Waals surface area contributed by atoms with Gasteiger partial charge < -0.3 is 10.6 Å². The van der Waals surface area contributed by atoms with Crippen molar-refractivity contribution in [2.45, 2.75) is 25.9 Å². The van der Waals surface area contributed by atoms with E-state index in [4.69, 9.17) is 0 Å². The molecule has 0 aliphatic carbocycles. The SMILES string of the molecule is CSCC[C@H](NC(C)=O)C(=O)NCCn1nnc2ccccc2c1=O. The van der Waals surface area contributed by atoms with E-state index in [1.165, 1.54) is 11.6 Å². The topological polar surface area (TPSA) is 106 Å². The molecule has 1 aromatic heterocycles. The normalized spacial score (nSPS) is 11.9. The fourth-order valence-corrected chi connectivity index (χ4v) is 2.80. The zero-order chi connectivity index (χ0) is 18.2. The van der Waals surface area contributed by atoms with Gasteiger partial charge in [-0.25, -0.2) is 4.68 Å². The second kappa shape index (κ2) is 9.16. The van der Waals surface area contributed by atoms with E-state index in [-0.39, 0.29) is 30.5 Å². The molecule has 134 valence electrons. The lowest BCUT2D eigenvalue weighted by atomic mass is 10.2. The molecule has 0 saturated heterocycles. The Balaban J connectivity index is 1.96. The van der Waals surface area contributed by atoms with Crippen LogP contribution in [-0.4, -0.2) is 51.4 Å². The highest BCUT2D eigenvalue weighted by Crippen LogP contribution is 2.03. The summed E-state index contributed by atoms with van der Waals surface area (Å²) >= 11 is 1.60. The Hall–Kier alpha value is -2.42. The fraction of sp³-hybridized carbons (Fsp3) is 0.438. The first-order chi connectivity index (χ1) is 12.0.